The van der Waals surface area contributed by atoms with Gasteiger partial charge in [0.2, 0.25) is 0 Å². The molecule has 0 spiro atoms. The molecule has 1 rings (SSSR count). The lowest BCUT2D eigenvalue weighted by Gasteiger charge is -2.38. The lowest BCUT2D eigenvalue weighted by molar-refractivity contribution is -0.141. The van der Waals surface area contributed by atoms with E-state index in [0.29, 0.717) is 19.8 Å². The van der Waals surface area contributed by atoms with Crippen molar-refractivity contribution in [3.8, 4) is 0 Å². The Labute approximate surface area is 122 Å². The van der Waals surface area contributed by atoms with Gasteiger partial charge in [-0.1, -0.05) is 11.5 Å². The first kappa shape index (κ1) is 17.2. The third kappa shape index (κ3) is 4.95. The molecule has 0 saturated carbocycles. The maximum atomic E-state index is 11.2. The Bertz CT molecular complexity index is 369. The molecule has 1 N–H and O–H groups in total. The number of hydrogen-bond donors (Lipinski definition) is 1. The van der Waals surface area contributed by atoms with E-state index in [-0.39, 0.29) is 5.97 Å². The number of esters is 1. The zero-order valence-electron chi connectivity index (χ0n) is 13.4. The van der Waals surface area contributed by atoms with Gasteiger partial charge in [-0.25, -0.2) is 0 Å². The normalized spacial score (nSPS) is 20.3. The van der Waals surface area contributed by atoms with Crippen LogP contribution in [0, 0.1) is 5.92 Å². The molecule has 5 heteroatoms. The number of ether oxygens (including phenoxy) is 1. The molecule has 1 atom stereocenters. The number of carbonyl (C=O) groups is 1. The van der Waals surface area contributed by atoms with Gasteiger partial charge in [0.05, 0.1) is 18.3 Å². The molecule has 0 aliphatic heterocycles. The summed E-state index contributed by atoms with van der Waals surface area (Å²) >= 11 is 0. The Hall–Kier alpha value is -0.805. The van der Waals surface area contributed by atoms with E-state index in [1.165, 1.54) is 12.6 Å². The molecule has 1 aliphatic carbocycles. The minimum atomic E-state index is -0.879. The third-order valence-electron chi connectivity index (χ3n) is 4.39. The maximum Gasteiger partial charge on any atom is 0.305 e. The van der Waals surface area contributed by atoms with Gasteiger partial charge >= 0.3 is 13.5 Å². The van der Waals surface area contributed by atoms with E-state index in [0.717, 1.165) is 19.3 Å². The Kier molecular flexibility index (Phi) is 5.84. The second kappa shape index (κ2) is 6.77. The number of methoxy groups -OCH3 is 1. The molecular formula is C15H27BO4. The van der Waals surface area contributed by atoms with Crippen LogP contribution in [-0.4, -0.2) is 36.9 Å². The Balaban J connectivity index is 2.43. The highest BCUT2D eigenvalue weighted by Crippen LogP contribution is 2.29. The van der Waals surface area contributed by atoms with E-state index in [9.17, 15) is 9.90 Å². The molecule has 20 heavy (non-hydrogen) atoms. The molecule has 0 amide bonds. The van der Waals surface area contributed by atoms with Gasteiger partial charge in [0, 0.05) is 6.42 Å². The number of allylic oxidation sites excluding steroid dienone is 2. The zero-order chi connectivity index (χ0) is 15.4. The van der Waals surface area contributed by atoms with Gasteiger partial charge in [-0.05, 0) is 52.9 Å². The first-order valence-corrected chi connectivity index (χ1v) is 7.27. The van der Waals surface area contributed by atoms with Crippen molar-refractivity contribution in [2.24, 2.45) is 5.92 Å². The molecule has 4 nitrogen and oxygen atoms in total. The van der Waals surface area contributed by atoms with Crippen LogP contribution in [0.25, 0.3) is 0 Å². The van der Waals surface area contributed by atoms with Crippen molar-refractivity contribution in [2.75, 3.05) is 7.11 Å². The van der Waals surface area contributed by atoms with Gasteiger partial charge in [-0.3, -0.25) is 4.79 Å². The van der Waals surface area contributed by atoms with Crippen molar-refractivity contribution >= 4 is 13.5 Å². The second-order valence-electron chi connectivity index (χ2n) is 6.64. The molecule has 1 unspecified atom stereocenters. The number of hydrogen-bond acceptors (Lipinski definition) is 4. The predicted molar refractivity (Wildman–Crippen MR) is 80.7 cm³/mol. The van der Waals surface area contributed by atoms with E-state index in [1.54, 1.807) is 13.8 Å². The first-order valence-electron chi connectivity index (χ1n) is 7.27. The monoisotopic (exact) mass is 282 g/mol. The predicted octanol–water partition coefficient (Wildman–Crippen LogP) is 2.15. The Morgan fingerprint density at radius 1 is 1.45 bits per heavy atom. The van der Waals surface area contributed by atoms with Gasteiger partial charge < -0.3 is 14.5 Å². The van der Waals surface area contributed by atoms with Crippen molar-refractivity contribution in [2.45, 2.75) is 64.6 Å². The molecular weight excluding hydrogens is 255 g/mol. The molecule has 0 fully saturated rings. The number of rotatable bonds is 6. The second-order valence-corrected chi connectivity index (χ2v) is 6.64. The van der Waals surface area contributed by atoms with Crippen LogP contribution in [0.4, 0.5) is 0 Å². The fourth-order valence-corrected chi connectivity index (χ4v) is 2.03. The highest BCUT2D eigenvalue weighted by atomic mass is 16.5. The summed E-state index contributed by atoms with van der Waals surface area (Å²) in [5.74, 6) is 0.250. The molecule has 1 aliphatic rings. The van der Waals surface area contributed by atoms with Crippen LogP contribution in [0.2, 0.25) is 0 Å². The minimum absolute atomic E-state index is 0.133. The van der Waals surface area contributed by atoms with E-state index in [4.69, 9.17) is 9.39 Å². The van der Waals surface area contributed by atoms with Crippen molar-refractivity contribution in [3.05, 3.63) is 11.5 Å². The number of aliphatic hydroxyl groups is 1. The van der Waals surface area contributed by atoms with E-state index < -0.39 is 11.2 Å². The lowest BCUT2D eigenvalue weighted by atomic mass is 9.74. The van der Waals surface area contributed by atoms with Crippen LogP contribution >= 0.6 is 0 Å². The summed E-state index contributed by atoms with van der Waals surface area (Å²) < 4.78 is 10.6. The fraction of sp³-hybridized carbons (Fsp3) is 0.800. The maximum absolute atomic E-state index is 11.2. The van der Waals surface area contributed by atoms with Crippen LogP contribution in [0.3, 0.4) is 0 Å². The zero-order valence-corrected chi connectivity index (χ0v) is 13.4. The highest BCUT2D eigenvalue weighted by molar-refractivity contribution is 6.38. The van der Waals surface area contributed by atoms with Gasteiger partial charge in [0.15, 0.2) is 0 Å². The largest absolute Gasteiger partial charge is 0.469 e. The summed E-state index contributed by atoms with van der Waals surface area (Å²) in [6.07, 6.45) is 5.50. The van der Waals surface area contributed by atoms with E-state index in [1.807, 2.05) is 13.8 Å². The third-order valence-corrected chi connectivity index (χ3v) is 4.39. The topological polar surface area (TPSA) is 55.8 Å². The van der Waals surface area contributed by atoms with Crippen molar-refractivity contribution in [1.82, 2.24) is 0 Å². The quantitative estimate of drug-likeness (QED) is 0.599. The van der Waals surface area contributed by atoms with Crippen LogP contribution < -0.4 is 0 Å². The molecule has 0 bridgehead atoms. The van der Waals surface area contributed by atoms with Crippen LogP contribution in [0.1, 0.15) is 53.4 Å². The summed E-state index contributed by atoms with van der Waals surface area (Å²) in [4.78, 5) is 11.2. The Morgan fingerprint density at radius 2 is 2.10 bits per heavy atom. The molecule has 114 valence electrons. The molecule has 0 aromatic rings. The smallest absolute Gasteiger partial charge is 0.305 e. The molecule has 0 radical (unpaired) electrons. The number of carbonyl (C=O) groups excluding carboxylic acids is 1. The van der Waals surface area contributed by atoms with Crippen molar-refractivity contribution in [3.63, 3.8) is 0 Å². The fourth-order valence-electron chi connectivity index (χ4n) is 2.03. The summed E-state index contributed by atoms with van der Waals surface area (Å²) in [5, 5.41) is 10.0. The highest BCUT2D eigenvalue weighted by Gasteiger charge is 2.36. The SMILES string of the molecule is COC(=O)CC1CC=C(BOC(C)(C)C(C)(C)O)CC1. The van der Waals surface area contributed by atoms with Crippen LogP contribution in [-0.2, 0) is 14.2 Å². The summed E-state index contributed by atoms with van der Waals surface area (Å²) in [5.41, 5.74) is -0.213. The van der Waals surface area contributed by atoms with Gasteiger partial charge in [-0.2, -0.15) is 0 Å². The average molecular weight is 282 g/mol. The summed E-state index contributed by atoms with van der Waals surface area (Å²) in [6.45, 7) is 7.32. The Morgan fingerprint density at radius 3 is 2.55 bits per heavy atom. The minimum Gasteiger partial charge on any atom is -0.469 e. The van der Waals surface area contributed by atoms with Gasteiger partial charge in [0.25, 0.3) is 0 Å². The molecule has 0 aromatic carbocycles. The van der Waals surface area contributed by atoms with Gasteiger partial charge in [-0.15, -0.1) is 0 Å². The summed E-state index contributed by atoms with van der Waals surface area (Å²) in [6, 6.07) is 0. The lowest BCUT2D eigenvalue weighted by Crippen LogP contribution is -2.48. The van der Waals surface area contributed by atoms with Crippen molar-refractivity contribution < 1.29 is 19.3 Å². The van der Waals surface area contributed by atoms with Gasteiger partial charge in [0.1, 0.15) is 0 Å². The standard InChI is InChI=1S/C15H27BO4/c1-14(2,18)15(3,4)20-16-12-8-6-11(7-9-12)10-13(17)19-5/h8,11,16,18H,6-7,9-10H2,1-5H3. The summed E-state index contributed by atoms with van der Waals surface area (Å²) in [7, 11) is 1.97. The van der Waals surface area contributed by atoms with Crippen LogP contribution in [0.15, 0.2) is 11.5 Å². The molecule has 0 heterocycles. The average Bonchev–Trinajstić information content (AvgIpc) is 2.36. The van der Waals surface area contributed by atoms with E-state index >= 15 is 0 Å². The first-order chi connectivity index (χ1) is 9.15. The van der Waals surface area contributed by atoms with Crippen LogP contribution in [0.5, 0.6) is 0 Å². The molecule has 0 saturated heterocycles. The van der Waals surface area contributed by atoms with E-state index in [2.05, 4.69) is 6.08 Å². The van der Waals surface area contributed by atoms with Crippen molar-refractivity contribution in [1.29, 1.82) is 0 Å². The molecule has 0 aromatic heterocycles.